The summed E-state index contributed by atoms with van der Waals surface area (Å²) in [6.07, 6.45) is 1.37. The summed E-state index contributed by atoms with van der Waals surface area (Å²) < 4.78 is 13.3. The molecule has 1 aliphatic heterocycles. The highest BCUT2D eigenvalue weighted by molar-refractivity contribution is 5.68. The number of aliphatic hydroxyl groups is 1. The van der Waals surface area contributed by atoms with E-state index in [0.29, 0.717) is 25.9 Å². The van der Waals surface area contributed by atoms with E-state index < -0.39 is 5.60 Å². The van der Waals surface area contributed by atoms with Gasteiger partial charge in [0.25, 0.3) is 0 Å². The van der Waals surface area contributed by atoms with Crippen LogP contribution in [0.5, 0.6) is 0 Å². The molecule has 16 heavy (non-hydrogen) atoms. The summed E-state index contributed by atoms with van der Waals surface area (Å²) in [6.45, 7) is 3.25. The number of nitrogen functional groups attached to an aromatic ring is 1. The first-order chi connectivity index (χ1) is 7.49. The quantitative estimate of drug-likeness (QED) is 0.715. The van der Waals surface area contributed by atoms with Crippen molar-refractivity contribution in [2.24, 2.45) is 0 Å². The fourth-order valence-corrected chi connectivity index (χ4v) is 2.03. The lowest BCUT2D eigenvalue weighted by Gasteiger charge is -2.37. The lowest BCUT2D eigenvalue weighted by Crippen LogP contribution is -2.42. The maximum Gasteiger partial charge on any atom is 0.148 e. The molecule has 0 saturated carbocycles. The van der Waals surface area contributed by atoms with Gasteiger partial charge in [-0.05, 0) is 31.9 Å². The van der Waals surface area contributed by atoms with E-state index in [0.717, 1.165) is 5.69 Å². The van der Waals surface area contributed by atoms with Gasteiger partial charge < -0.3 is 15.7 Å². The third-order valence-corrected chi connectivity index (χ3v) is 3.21. The van der Waals surface area contributed by atoms with Crippen LogP contribution >= 0.6 is 0 Å². The lowest BCUT2D eigenvalue weighted by molar-refractivity contribution is 0.0351. The SMILES string of the molecule is CC1(O)CCN(c2cccc(F)c2N)CC1. The molecular weight excluding hydrogens is 207 g/mol. The minimum atomic E-state index is -0.599. The largest absolute Gasteiger partial charge is 0.395 e. The van der Waals surface area contributed by atoms with E-state index >= 15 is 0 Å². The Morgan fingerprint density at radius 3 is 2.62 bits per heavy atom. The maximum absolute atomic E-state index is 13.3. The normalized spacial score (nSPS) is 19.8. The maximum atomic E-state index is 13.3. The highest BCUT2D eigenvalue weighted by Crippen LogP contribution is 2.30. The van der Waals surface area contributed by atoms with Gasteiger partial charge in [0.1, 0.15) is 5.82 Å². The summed E-state index contributed by atoms with van der Waals surface area (Å²) in [7, 11) is 0. The smallest absolute Gasteiger partial charge is 0.148 e. The summed E-state index contributed by atoms with van der Waals surface area (Å²) in [5, 5.41) is 9.83. The summed E-state index contributed by atoms with van der Waals surface area (Å²) in [5.41, 5.74) is 6.03. The molecule has 1 fully saturated rings. The highest BCUT2D eigenvalue weighted by atomic mass is 19.1. The topological polar surface area (TPSA) is 49.5 Å². The van der Waals surface area contributed by atoms with Crippen molar-refractivity contribution < 1.29 is 9.50 Å². The molecule has 0 radical (unpaired) electrons. The number of piperidine rings is 1. The Morgan fingerprint density at radius 2 is 2.00 bits per heavy atom. The van der Waals surface area contributed by atoms with Gasteiger partial charge in [-0.25, -0.2) is 4.39 Å². The summed E-state index contributed by atoms with van der Waals surface area (Å²) in [4.78, 5) is 2.02. The monoisotopic (exact) mass is 224 g/mol. The number of para-hydroxylation sites is 1. The van der Waals surface area contributed by atoms with Crippen LogP contribution in [0.15, 0.2) is 18.2 Å². The zero-order valence-electron chi connectivity index (χ0n) is 9.41. The average molecular weight is 224 g/mol. The molecule has 1 heterocycles. The second kappa shape index (κ2) is 3.94. The molecule has 1 aromatic carbocycles. The predicted molar refractivity (Wildman–Crippen MR) is 62.9 cm³/mol. The van der Waals surface area contributed by atoms with Crippen molar-refractivity contribution >= 4 is 11.4 Å². The van der Waals surface area contributed by atoms with Crippen LogP contribution in [0.1, 0.15) is 19.8 Å². The molecule has 4 heteroatoms. The summed E-state index contributed by atoms with van der Waals surface area (Å²) in [6, 6.07) is 4.84. The Labute approximate surface area is 94.7 Å². The second-order valence-corrected chi connectivity index (χ2v) is 4.66. The van der Waals surface area contributed by atoms with Gasteiger partial charge in [0.2, 0.25) is 0 Å². The molecule has 88 valence electrons. The molecule has 3 nitrogen and oxygen atoms in total. The molecule has 0 unspecified atom stereocenters. The number of nitrogens with two attached hydrogens (primary N) is 1. The number of nitrogens with zero attached hydrogens (tertiary/aromatic N) is 1. The van der Waals surface area contributed by atoms with Crippen LogP contribution < -0.4 is 10.6 Å². The van der Waals surface area contributed by atoms with Gasteiger partial charge in [0.05, 0.1) is 17.0 Å². The van der Waals surface area contributed by atoms with Crippen LogP contribution in [-0.2, 0) is 0 Å². The molecule has 0 atom stereocenters. The van der Waals surface area contributed by atoms with Gasteiger partial charge >= 0.3 is 0 Å². The third kappa shape index (κ3) is 2.11. The molecule has 3 N–H and O–H groups in total. The fourth-order valence-electron chi connectivity index (χ4n) is 2.03. The molecule has 1 aromatic rings. The Balaban J connectivity index is 2.17. The lowest BCUT2D eigenvalue weighted by atomic mass is 9.93. The van der Waals surface area contributed by atoms with Gasteiger partial charge in [-0.1, -0.05) is 6.07 Å². The van der Waals surface area contributed by atoms with Gasteiger partial charge in [-0.2, -0.15) is 0 Å². The van der Waals surface area contributed by atoms with E-state index in [4.69, 9.17) is 5.73 Å². The molecule has 0 spiro atoms. The molecule has 0 bridgehead atoms. The van der Waals surface area contributed by atoms with E-state index in [2.05, 4.69) is 0 Å². The van der Waals surface area contributed by atoms with Crippen LogP contribution in [0.25, 0.3) is 0 Å². The molecule has 1 aliphatic rings. The minimum absolute atomic E-state index is 0.198. The van der Waals surface area contributed by atoms with Crippen molar-refractivity contribution in [2.45, 2.75) is 25.4 Å². The van der Waals surface area contributed by atoms with Gasteiger partial charge in [-0.3, -0.25) is 0 Å². The number of hydrogen-bond donors (Lipinski definition) is 2. The predicted octanol–water partition coefficient (Wildman–Crippen LogP) is 1.76. The number of rotatable bonds is 1. The first kappa shape index (κ1) is 11.2. The van der Waals surface area contributed by atoms with E-state index in [-0.39, 0.29) is 11.5 Å². The minimum Gasteiger partial charge on any atom is -0.395 e. The molecular formula is C12H17FN2O. The third-order valence-electron chi connectivity index (χ3n) is 3.21. The second-order valence-electron chi connectivity index (χ2n) is 4.66. The fraction of sp³-hybridized carbons (Fsp3) is 0.500. The van der Waals surface area contributed by atoms with Crippen LogP contribution in [0.3, 0.4) is 0 Å². The first-order valence-corrected chi connectivity index (χ1v) is 5.51. The van der Waals surface area contributed by atoms with Crippen molar-refractivity contribution in [1.82, 2.24) is 0 Å². The number of hydrogen-bond acceptors (Lipinski definition) is 3. The molecule has 2 rings (SSSR count). The van der Waals surface area contributed by atoms with Gasteiger partial charge in [0, 0.05) is 13.1 Å². The van der Waals surface area contributed by atoms with Crippen molar-refractivity contribution in [1.29, 1.82) is 0 Å². The van der Waals surface area contributed by atoms with Crippen LogP contribution in [0.2, 0.25) is 0 Å². The average Bonchev–Trinajstić information content (AvgIpc) is 2.23. The zero-order chi connectivity index (χ0) is 11.8. The Kier molecular flexibility index (Phi) is 2.76. The highest BCUT2D eigenvalue weighted by Gasteiger charge is 2.28. The Morgan fingerprint density at radius 1 is 1.38 bits per heavy atom. The van der Waals surface area contributed by atoms with E-state index in [1.54, 1.807) is 6.07 Å². The van der Waals surface area contributed by atoms with Crippen molar-refractivity contribution in [3.8, 4) is 0 Å². The van der Waals surface area contributed by atoms with Gasteiger partial charge in [-0.15, -0.1) is 0 Å². The summed E-state index contributed by atoms with van der Waals surface area (Å²) in [5.74, 6) is -0.380. The molecule has 1 saturated heterocycles. The Bertz CT molecular complexity index is 383. The first-order valence-electron chi connectivity index (χ1n) is 5.51. The van der Waals surface area contributed by atoms with Gasteiger partial charge in [0.15, 0.2) is 0 Å². The molecule has 0 aromatic heterocycles. The van der Waals surface area contributed by atoms with Crippen molar-refractivity contribution in [3.63, 3.8) is 0 Å². The number of halogens is 1. The van der Waals surface area contributed by atoms with Crippen LogP contribution in [0.4, 0.5) is 15.8 Å². The zero-order valence-corrected chi connectivity index (χ0v) is 9.41. The molecule has 0 aliphatic carbocycles. The van der Waals surface area contributed by atoms with E-state index in [1.807, 2.05) is 17.9 Å². The molecule has 0 amide bonds. The van der Waals surface area contributed by atoms with Crippen molar-refractivity contribution in [3.05, 3.63) is 24.0 Å². The van der Waals surface area contributed by atoms with E-state index in [9.17, 15) is 9.50 Å². The van der Waals surface area contributed by atoms with Crippen LogP contribution in [0, 0.1) is 5.82 Å². The Hall–Kier alpha value is -1.29. The van der Waals surface area contributed by atoms with E-state index in [1.165, 1.54) is 6.07 Å². The van der Waals surface area contributed by atoms with Crippen LogP contribution in [-0.4, -0.2) is 23.8 Å². The summed E-state index contributed by atoms with van der Waals surface area (Å²) >= 11 is 0. The number of benzene rings is 1. The standard InChI is InChI=1S/C12H17FN2O/c1-12(16)5-7-15(8-6-12)10-4-2-3-9(13)11(10)14/h2-4,16H,5-8,14H2,1H3. The number of anilines is 2. The van der Waals surface area contributed by atoms with Crippen molar-refractivity contribution in [2.75, 3.05) is 23.7 Å².